The number of aromatic nitrogens is 3. The van der Waals surface area contributed by atoms with Gasteiger partial charge in [0.25, 0.3) is 5.56 Å². The van der Waals surface area contributed by atoms with Gasteiger partial charge < -0.3 is 14.5 Å². The topological polar surface area (TPSA) is 87.3 Å². The molecule has 1 saturated heterocycles. The van der Waals surface area contributed by atoms with Crippen LogP contribution in [0.1, 0.15) is 29.7 Å². The number of benzene rings is 1. The monoisotopic (exact) mass is 444 g/mol. The van der Waals surface area contributed by atoms with E-state index in [0.717, 1.165) is 56.2 Å². The van der Waals surface area contributed by atoms with Crippen LogP contribution in [0.15, 0.2) is 35.4 Å². The second-order valence-corrected chi connectivity index (χ2v) is 8.70. The van der Waals surface area contributed by atoms with E-state index in [0.29, 0.717) is 29.6 Å². The number of nitrogens with zero attached hydrogens (tertiary/aromatic N) is 6. The molecule has 1 aromatic carbocycles. The molecule has 2 aliphatic rings. The summed E-state index contributed by atoms with van der Waals surface area (Å²) in [5.74, 6) is 0.828. The van der Waals surface area contributed by atoms with Gasteiger partial charge in [0.1, 0.15) is 11.9 Å². The molecule has 8 nitrogen and oxygen atoms in total. The van der Waals surface area contributed by atoms with Crippen LogP contribution in [0.3, 0.4) is 0 Å². The van der Waals surface area contributed by atoms with E-state index in [1.54, 1.807) is 18.0 Å². The van der Waals surface area contributed by atoms with Gasteiger partial charge in [-0.2, -0.15) is 5.26 Å². The minimum Gasteiger partial charge on any atom is -0.383 e. The van der Waals surface area contributed by atoms with E-state index in [4.69, 9.17) is 9.72 Å². The van der Waals surface area contributed by atoms with Crippen LogP contribution in [0.4, 0.5) is 11.5 Å². The van der Waals surface area contributed by atoms with Crippen molar-refractivity contribution in [3.05, 3.63) is 57.8 Å². The smallest absolute Gasteiger partial charge is 0.261 e. The van der Waals surface area contributed by atoms with E-state index in [1.807, 2.05) is 18.2 Å². The number of hydrogen-bond donors (Lipinski definition) is 0. The first-order valence-electron chi connectivity index (χ1n) is 11.6. The van der Waals surface area contributed by atoms with E-state index in [1.165, 1.54) is 18.4 Å². The molecule has 1 aliphatic heterocycles. The summed E-state index contributed by atoms with van der Waals surface area (Å²) in [6.07, 6.45) is 5.98. The lowest BCUT2D eigenvalue weighted by molar-refractivity contribution is 0.186. The maximum Gasteiger partial charge on any atom is 0.261 e. The number of methoxy groups -OCH3 is 1. The van der Waals surface area contributed by atoms with Crippen molar-refractivity contribution >= 4 is 22.4 Å². The Morgan fingerprint density at radius 3 is 2.67 bits per heavy atom. The molecule has 1 aliphatic carbocycles. The van der Waals surface area contributed by atoms with E-state index >= 15 is 0 Å². The average Bonchev–Trinajstić information content (AvgIpc) is 2.87. The lowest BCUT2D eigenvalue weighted by atomic mass is 9.95. The van der Waals surface area contributed by atoms with Crippen molar-refractivity contribution in [3.8, 4) is 6.07 Å². The number of aryl methyl sites for hydroxylation is 2. The molecule has 0 bridgehead atoms. The molecular formula is C25H28N6O2. The molecule has 0 saturated carbocycles. The van der Waals surface area contributed by atoms with Gasteiger partial charge in [0.15, 0.2) is 0 Å². The highest BCUT2D eigenvalue weighted by Gasteiger charge is 2.23. The molecule has 33 heavy (non-hydrogen) atoms. The minimum absolute atomic E-state index is 0.0454. The first kappa shape index (κ1) is 21.4. The van der Waals surface area contributed by atoms with Crippen LogP contribution in [-0.2, 0) is 24.1 Å². The van der Waals surface area contributed by atoms with Gasteiger partial charge in [-0.15, -0.1) is 0 Å². The van der Waals surface area contributed by atoms with Gasteiger partial charge in [-0.25, -0.2) is 9.97 Å². The molecule has 3 aromatic rings. The molecule has 0 spiro atoms. The Morgan fingerprint density at radius 1 is 1.09 bits per heavy atom. The highest BCUT2D eigenvalue weighted by molar-refractivity contribution is 5.81. The Morgan fingerprint density at radius 2 is 1.88 bits per heavy atom. The summed E-state index contributed by atoms with van der Waals surface area (Å²) in [7, 11) is 1.62. The van der Waals surface area contributed by atoms with Gasteiger partial charge in [-0.05, 0) is 55.5 Å². The molecule has 0 amide bonds. The maximum absolute atomic E-state index is 12.7. The number of rotatable bonds is 5. The quantitative estimate of drug-likeness (QED) is 0.598. The van der Waals surface area contributed by atoms with Crippen LogP contribution in [0.2, 0.25) is 0 Å². The third kappa shape index (κ3) is 4.16. The highest BCUT2D eigenvalue weighted by Crippen LogP contribution is 2.28. The molecule has 170 valence electrons. The predicted molar refractivity (Wildman–Crippen MR) is 128 cm³/mol. The zero-order valence-electron chi connectivity index (χ0n) is 19.0. The number of hydrogen-bond acceptors (Lipinski definition) is 7. The first-order valence-corrected chi connectivity index (χ1v) is 11.6. The van der Waals surface area contributed by atoms with E-state index < -0.39 is 0 Å². The van der Waals surface area contributed by atoms with Crippen molar-refractivity contribution in [3.63, 3.8) is 0 Å². The fraction of sp³-hybridized carbons (Fsp3) is 0.440. The zero-order valence-corrected chi connectivity index (χ0v) is 19.0. The summed E-state index contributed by atoms with van der Waals surface area (Å²) < 4.78 is 6.66. The summed E-state index contributed by atoms with van der Waals surface area (Å²) in [5, 5.41) is 10.3. The molecule has 0 radical (unpaired) electrons. The molecular weight excluding hydrogens is 416 g/mol. The molecule has 3 heterocycles. The van der Waals surface area contributed by atoms with E-state index in [-0.39, 0.29) is 5.56 Å². The molecule has 8 heteroatoms. The lowest BCUT2D eigenvalue weighted by Gasteiger charge is -2.37. The molecule has 0 N–H and O–H groups in total. The Balaban J connectivity index is 1.33. The second-order valence-electron chi connectivity index (χ2n) is 8.70. The zero-order chi connectivity index (χ0) is 22.8. The molecule has 0 unspecified atom stereocenters. The van der Waals surface area contributed by atoms with Crippen LogP contribution in [-0.4, -0.2) is 54.4 Å². The number of piperazine rings is 1. The van der Waals surface area contributed by atoms with Gasteiger partial charge in [-0.3, -0.25) is 9.36 Å². The van der Waals surface area contributed by atoms with Crippen molar-refractivity contribution in [1.29, 1.82) is 5.26 Å². The summed E-state index contributed by atoms with van der Waals surface area (Å²) in [4.78, 5) is 26.7. The van der Waals surface area contributed by atoms with Crippen LogP contribution in [0, 0.1) is 11.3 Å². The predicted octanol–water partition coefficient (Wildman–Crippen LogP) is 2.51. The number of ether oxygens (including phenoxy) is 1. The van der Waals surface area contributed by atoms with E-state index in [9.17, 15) is 10.1 Å². The standard InChI is InChI=1S/C25H28N6O2/c1-33-13-12-31-17-27-23-15-20(6-7-21(23)25(31)32)29-8-10-30(11-9-29)24-19(16-26)14-18-4-2-3-5-22(18)28-24/h6-7,14-15,17H,2-5,8-13H2,1H3. The molecule has 1 fully saturated rings. The van der Waals surface area contributed by atoms with Crippen molar-refractivity contribution in [2.24, 2.45) is 0 Å². The van der Waals surface area contributed by atoms with Gasteiger partial charge in [0, 0.05) is 44.7 Å². The Hall–Kier alpha value is -3.44. The Kier molecular flexibility index (Phi) is 5.97. The van der Waals surface area contributed by atoms with E-state index in [2.05, 4.69) is 26.9 Å². The fourth-order valence-electron chi connectivity index (χ4n) is 4.81. The Bertz CT molecular complexity index is 1270. The average molecular weight is 445 g/mol. The van der Waals surface area contributed by atoms with Crippen molar-refractivity contribution in [2.75, 3.05) is 49.7 Å². The maximum atomic E-state index is 12.7. The first-order chi connectivity index (χ1) is 16.2. The number of fused-ring (bicyclic) bond motifs is 2. The SMILES string of the molecule is COCCn1cnc2cc(N3CCN(c4nc5c(cc4C#N)CCCC5)CC3)ccc2c1=O. The van der Waals surface area contributed by atoms with Crippen LogP contribution < -0.4 is 15.4 Å². The van der Waals surface area contributed by atoms with Gasteiger partial charge >= 0.3 is 0 Å². The van der Waals surface area contributed by atoms with Gasteiger partial charge in [0.2, 0.25) is 0 Å². The Labute approximate surface area is 193 Å². The molecule has 0 atom stereocenters. The lowest BCUT2D eigenvalue weighted by Crippen LogP contribution is -2.47. The second kappa shape index (κ2) is 9.20. The summed E-state index contributed by atoms with van der Waals surface area (Å²) in [6, 6.07) is 10.3. The third-order valence-electron chi connectivity index (χ3n) is 6.69. The summed E-state index contributed by atoms with van der Waals surface area (Å²) >= 11 is 0. The van der Waals surface area contributed by atoms with Gasteiger partial charge in [-0.1, -0.05) is 0 Å². The summed E-state index contributed by atoms with van der Waals surface area (Å²) in [6.45, 7) is 4.20. The number of pyridine rings is 1. The highest BCUT2D eigenvalue weighted by atomic mass is 16.5. The van der Waals surface area contributed by atoms with Crippen molar-refractivity contribution < 1.29 is 4.74 Å². The molecule has 2 aromatic heterocycles. The van der Waals surface area contributed by atoms with Gasteiger partial charge in [0.05, 0.1) is 35.9 Å². The molecule has 5 rings (SSSR count). The summed E-state index contributed by atoms with van der Waals surface area (Å²) in [5.41, 5.74) is 4.80. The third-order valence-corrected chi connectivity index (χ3v) is 6.69. The van der Waals surface area contributed by atoms with Crippen LogP contribution >= 0.6 is 0 Å². The largest absolute Gasteiger partial charge is 0.383 e. The fourth-order valence-corrected chi connectivity index (χ4v) is 4.81. The van der Waals surface area contributed by atoms with Crippen molar-refractivity contribution in [2.45, 2.75) is 32.2 Å². The van der Waals surface area contributed by atoms with Crippen molar-refractivity contribution in [1.82, 2.24) is 14.5 Å². The minimum atomic E-state index is -0.0454. The number of nitriles is 1. The normalized spacial score (nSPS) is 16.0. The van der Waals surface area contributed by atoms with Crippen LogP contribution in [0.5, 0.6) is 0 Å². The number of anilines is 2. The van der Waals surface area contributed by atoms with Crippen LogP contribution in [0.25, 0.3) is 10.9 Å².